The third kappa shape index (κ3) is 4.69. The summed E-state index contributed by atoms with van der Waals surface area (Å²) >= 11 is 6.82. The molecule has 7 heteroatoms. The second kappa shape index (κ2) is 9.01. The average Bonchev–Trinajstić information content (AvgIpc) is 3.42. The van der Waals surface area contributed by atoms with E-state index < -0.39 is 0 Å². The number of nitrogens with one attached hydrogen (secondary N) is 2. The van der Waals surface area contributed by atoms with E-state index >= 15 is 0 Å². The van der Waals surface area contributed by atoms with Crippen LogP contribution in [0.3, 0.4) is 0 Å². The molecule has 0 saturated carbocycles. The molecule has 0 saturated heterocycles. The summed E-state index contributed by atoms with van der Waals surface area (Å²) in [7, 11) is 0. The Bertz CT molecular complexity index is 1300. The van der Waals surface area contributed by atoms with Gasteiger partial charge in [-0.3, -0.25) is 0 Å². The Hall–Kier alpha value is -3.00. The molecule has 3 aromatic carbocycles. The van der Waals surface area contributed by atoms with E-state index in [1.165, 1.54) is 0 Å². The van der Waals surface area contributed by atoms with E-state index in [2.05, 4.69) is 62.3 Å². The summed E-state index contributed by atoms with van der Waals surface area (Å²) in [6, 6.07) is 28.5. The van der Waals surface area contributed by atoms with Crippen molar-refractivity contribution in [1.82, 2.24) is 9.97 Å². The summed E-state index contributed by atoms with van der Waals surface area (Å²) in [5.41, 5.74) is 6.06. The van der Waals surface area contributed by atoms with E-state index in [1.807, 2.05) is 54.6 Å². The minimum absolute atomic E-state index is 0.837. The van der Waals surface area contributed by atoms with Gasteiger partial charge in [0.2, 0.25) is 0 Å². The Morgan fingerprint density at radius 1 is 0.677 bits per heavy atom. The first-order chi connectivity index (χ1) is 15.2. The summed E-state index contributed by atoms with van der Waals surface area (Å²) in [6.45, 7) is 0. The zero-order valence-corrected chi connectivity index (χ0v) is 19.5. The number of hydrogen-bond acceptors (Lipinski definition) is 6. The molecule has 0 aliphatic heterocycles. The van der Waals surface area contributed by atoms with Crippen molar-refractivity contribution in [2.45, 2.75) is 0 Å². The smallest absolute Gasteiger partial charge is 0.188 e. The third-order valence-corrected chi connectivity index (χ3v) is 6.95. The first-order valence-electron chi connectivity index (χ1n) is 9.61. The highest BCUT2D eigenvalue weighted by molar-refractivity contribution is 9.11. The molecule has 2 aromatic heterocycles. The molecule has 4 nitrogen and oxygen atoms in total. The predicted octanol–water partition coefficient (Wildman–Crippen LogP) is 8.18. The Morgan fingerprint density at radius 2 is 1.32 bits per heavy atom. The Morgan fingerprint density at radius 3 is 2.03 bits per heavy atom. The van der Waals surface area contributed by atoms with Gasteiger partial charge < -0.3 is 10.6 Å². The molecule has 5 aromatic rings. The normalized spacial score (nSPS) is 10.7. The highest BCUT2D eigenvalue weighted by Crippen LogP contribution is 2.37. The zero-order chi connectivity index (χ0) is 21.0. The number of halogens is 1. The Kier molecular flexibility index (Phi) is 5.80. The largest absolute Gasteiger partial charge is 0.331 e. The molecule has 0 spiro atoms. The van der Waals surface area contributed by atoms with Crippen LogP contribution in [-0.2, 0) is 0 Å². The fraction of sp³-hybridized carbons (Fsp3) is 0. The van der Waals surface area contributed by atoms with Gasteiger partial charge in [0.15, 0.2) is 10.3 Å². The fourth-order valence-electron chi connectivity index (χ4n) is 3.12. The van der Waals surface area contributed by atoms with Gasteiger partial charge in [0.05, 0.1) is 15.2 Å². The van der Waals surface area contributed by atoms with Crippen LogP contribution in [0.4, 0.5) is 21.6 Å². The Labute approximate surface area is 196 Å². The molecular weight excluding hydrogens is 488 g/mol. The lowest BCUT2D eigenvalue weighted by atomic mass is 10.2. The topological polar surface area (TPSA) is 49.8 Å². The van der Waals surface area contributed by atoms with Gasteiger partial charge in [-0.1, -0.05) is 78.1 Å². The lowest BCUT2D eigenvalue weighted by Crippen LogP contribution is -1.93. The number of hydrogen-bond donors (Lipinski definition) is 2. The van der Waals surface area contributed by atoms with Crippen molar-refractivity contribution in [3.05, 3.63) is 94.1 Å². The van der Waals surface area contributed by atoms with Gasteiger partial charge in [-0.25, -0.2) is 9.97 Å². The lowest BCUT2D eigenvalue weighted by Gasteiger charge is -2.07. The second-order valence-electron chi connectivity index (χ2n) is 6.74. The van der Waals surface area contributed by atoms with Crippen LogP contribution in [0.15, 0.2) is 94.1 Å². The average molecular weight is 505 g/mol. The minimum atomic E-state index is 0.837. The van der Waals surface area contributed by atoms with Crippen LogP contribution >= 0.6 is 38.6 Å². The molecule has 0 bridgehead atoms. The molecule has 0 aliphatic carbocycles. The van der Waals surface area contributed by atoms with Crippen molar-refractivity contribution in [2.75, 3.05) is 10.6 Å². The van der Waals surface area contributed by atoms with E-state index in [1.54, 1.807) is 22.7 Å². The van der Waals surface area contributed by atoms with Crippen molar-refractivity contribution < 1.29 is 0 Å². The summed E-state index contributed by atoms with van der Waals surface area (Å²) in [6.07, 6.45) is 0. The number of rotatable bonds is 6. The third-order valence-electron chi connectivity index (χ3n) is 4.57. The number of nitrogens with zero attached hydrogens (tertiary/aromatic N) is 2. The first kappa shape index (κ1) is 19.9. The van der Waals surface area contributed by atoms with E-state index in [0.717, 1.165) is 47.9 Å². The van der Waals surface area contributed by atoms with Crippen molar-refractivity contribution in [3.63, 3.8) is 0 Å². The van der Waals surface area contributed by atoms with E-state index in [0.29, 0.717) is 0 Å². The van der Waals surface area contributed by atoms with Crippen LogP contribution in [0.2, 0.25) is 0 Å². The van der Waals surface area contributed by atoms with E-state index in [9.17, 15) is 0 Å². The van der Waals surface area contributed by atoms with Crippen LogP contribution in [0.25, 0.3) is 22.5 Å². The quantitative estimate of drug-likeness (QED) is 0.244. The van der Waals surface area contributed by atoms with Crippen LogP contribution < -0.4 is 10.6 Å². The number of thiazole rings is 2. The number of aromatic nitrogens is 2. The second-order valence-corrected chi connectivity index (χ2v) is 9.92. The summed E-state index contributed by atoms with van der Waals surface area (Å²) < 4.78 is 1.01. The maximum Gasteiger partial charge on any atom is 0.188 e. The zero-order valence-electron chi connectivity index (χ0n) is 16.2. The van der Waals surface area contributed by atoms with Crippen LogP contribution in [0.5, 0.6) is 0 Å². The Balaban J connectivity index is 1.32. The molecule has 0 unspecified atom stereocenters. The van der Waals surface area contributed by atoms with Crippen molar-refractivity contribution >= 4 is 60.2 Å². The highest BCUT2D eigenvalue weighted by Gasteiger charge is 2.11. The van der Waals surface area contributed by atoms with Crippen LogP contribution in [0.1, 0.15) is 0 Å². The standard InChI is InChI=1S/C24H17BrN4S2/c25-22-21(17-10-5-2-6-11-17)29-24(31-22)27-19-13-7-12-18(14-19)26-23-28-20(15-30-23)16-8-3-1-4-9-16/h1-15H,(H,26,28)(H,27,29). The highest BCUT2D eigenvalue weighted by atomic mass is 79.9. The van der Waals surface area contributed by atoms with E-state index in [4.69, 9.17) is 9.97 Å². The molecule has 2 N–H and O–H groups in total. The summed E-state index contributed by atoms with van der Waals surface area (Å²) in [5, 5.41) is 10.6. The van der Waals surface area contributed by atoms with Gasteiger partial charge in [0.25, 0.3) is 0 Å². The molecule has 152 valence electrons. The maximum atomic E-state index is 4.76. The molecule has 31 heavy (non-hydrogen) atoms. The van der Waals surface area contributed by atoms with Gasteiger partial charge in [-0.15, -0.1) is 11.3 Å². The molecule has 0 amide bonds. The van der Waals surface area contributed by atoms with Gasteiger partial charge in [-0.05, 0) is 34.1 Å². The van der Waals surface area contributed by atoms with Gasteiger partial charge in [0, 0.05) is 27.9 Å². The number of anilines is 4. The monoisotopic (exact) mass is 504 g/mol. The van der Waals surface area contributed by atoms with Gasteiger partial charge in [0.1, 0.15) is 0 Å². The minimum Gasteiger partial charge on any atom is -0.331 e. The van der Waals surface area contributed by atoms with Crippen molar-refractivity contribution in [1.29, 1.82) is 0 Å². The number of benzene rings is 3. The van der Waals surface area contributed by atoms with Gasteiger partial charge in [-0.2, -0.15) is 0 Å². The molecule has 0 aliphatic rings. The molecule has 5 rings (SSSR count). The van der Waals surface area contributed by atoms with E-state index in [-0.39, 0.29) is 0 Å². The summed E-state index contributed by atoms with van der Waals surface area (Å²) in [4.78, 5) is 9.46. The molecular formula is C24H17BrN4S2. The van der Waals surface area contributed by atoms with Crippen molar-refractivity contribution in [3.8, 4) is 22.5 Å². The molecule has 2 heterocycles. The predicted molar refractivity (Wildman–Crippen MR) is 136 cm³/mol. The maximum absolute atomic E-state index is 4.76. The lowest BCUT2D eigenvalue weighted by molar-refractivity contribution is 1.37. The molecule has 0 radical (unpaired) electrons. The van der Waals surface area contributed by atoms with Crippen LogP contribution in [0, 0.1) is 0 Å². The SMILES string of the molecule is Brc1sc(Nc2cccc(Nc3nc(-c4ccccc4)cs3)c2)nc1-c1ccccc1. The van der Waals surface area contributed by atoms with Gasteiger partial charge >= 0.3 is 0 Å². The first-order valence-corrected chi connectivity index (χ1v) is 12.1. The molecule has 0 fully saturated rings. The summed E-state index contributed by atoms with van der Waals surface area (Å²) in [5.74, 6) is 0. The van der Waals surface area contributed by atoms with Crippen LogP contribution in [-0.4, -0.2) is 9.97 Å². The van der Waals surface area contributed by atoms with Crippen molar-refractivity contribution in [2.24, 2.45) is 0 Å². The molecule has 0 atom stereocenters. The fourth-order valence-corrected chi connectivity index (χ4v) is 5.38.